The quantitative estimate of drug-likeness (QED) is 0.928. The molecule has 2 rings (SSSR count). The lowest BCUT2D eigenvalue weighted by atomic mass is 10.1. The number of nitrogens with one attached hydrogen (secondary N) is 1. The van der Waals surface area contributed by atoms with Gasteiger partial charge in [-0.25, -0.2) is 0 Å². The standard InChI is InChI=1S/C16H15BrN2/c1-12-8-15(6-7-16(12)17)11-19-10-14-4-2-13(9-18)3-5-14/h2-8,19H,10-11H2,1H3. The van der Waals surface area contributed by atoms with E-state index in [-0.39, 0.29) is 0 Å². The Balaban J connectivity index is 1.89. The van der Waals surface area contributed by atoms with Crippen molar-refractivity contribution in [3.05, 3.63) is 69.2 Å². The van der Waals surface area contributed by atoms with Crippen LogP contribution in [0.3, 0.4) is 0 Å². The number of benzene rings is 2. The summed E-state index contributed by atoms with van der Waals surface area (Å²) in [5.74, 6) is 0. The number of halogens is 1. The van der Waals surface area contributed by atoms with E-state index >= 15 is 0 Å². The summed E-state index contributed by atoms with van der Waals surface area (Å²) in [7, 11) is 0. The molecule has 96 valence electrons. The van der Waals surface area contributed by atoms with E-state index < -0.39 is 0 Å². The SMILES string of the molecule is Cc1cc(CNCc2ccc(C#N)cc2)ccc1Br. The second-order valence-corrected chi connectivity index (χ2v) is 5.35. The van der Waals surface area contributed by atoms with Gasteiger partial charge in [0, 0.05) is 17.6 Å². The maximum absolute atomic E-state index is 8.73. The van der Waals surface area contributed by atoms with Crippen LogP contribution in [-0.2, 0) is 13.1 Å². The Morgan fingerprint density at radius 2 is 1.68 bits per heavy atom. The third kappa shape index (κ3) is 3.92. The van der Waals surface area contributed by atoms with Crippen LogP contribution in [0.4, 0.5) is 0 Å². The molecule has 2 aromatic carbocycles. The maximum atomic E-state index is 8.73. The van der Waals surface area contributed by atoms with Gasteiger partial charge in [-0.2, -0.15) is 5.26 Å². The molecule has 2 nitrogen and oxygen atoms in total. The van der Waals surface area contributed by atoms with E-state index in [9.17, 15) is 0 Å². The zero-order valence-corrected chi connectivity index (χ0v) is 12.4. The van der Waals surface area contributed by atoms with Gasteiger partial charge in [-0.1, -0.05) is 40.2 Å². The molecule has 3 heteroatoms. The molecule has 0 saturated carbocycles. The Hall–Kier alpha value is -1.63. The molecule has 0 spiro atoms. The van der Waals surface area contributed by atoms with E-state index in [4.69, 9.17) is 5.26 Å². The average molecular weight is 315 g/mol. The van der Waals surface area contributed by atoms with E-state index in [0.717, 1.165) is 17.6 Å². The van der Waals surface area contributed by atoms with Crippen LogP contribution in [0.2, 0.25) is 0 Å². The Labute approximate surface area is 122 Å². The van der Waals surface area contributed by atoms with Gasteiger partial charge in [-0.05, 0) is 41.8 Å². The number of nitriles is 1. The van der Waals surface area contributed by atoms with Crippen molar-refractivity contribution in [2.45, 2.75) is 20.0 Å². The minimum Gasteiger partial charge on any atom is -0.309 e. The Morgan fingerprint density at radius 1 is 1.05 bits per heavy atom. The lowest BCUT2D eigenvalue weighted by Gasteiger charge is -2.07. The summed E-state index contributed by atoms with van der Waals surface area (Å²) in [6, 6.07) is 16.2. The van der Waals surface area contributed by atoms with Crippen molar-refractivity contribution < 1.29 is 0 Å². The molecule has 0 bridgehead atoms. The lowest BCUT2D eigenvalue weighted by molar-refractivity contribution is 0.693. The molecule has 1 N–H and O–H groups in total. The van der Waals surface area contributed by atoms with Gasteiger partial charge in [0.15, 0.2) is 0 Å². The van der Waals surface area contributed by atoms with Crippen LogP contribution in [0.15, 0.2) is 46.9 Å². The fraction of sp³-hybridized carbons (Fsp3) is 0.188. The highest BCUT2D eigenvalue weighted by Crippen LogP contribution is 2.17. The van der Waals surface area contributed by atoms with Gasteiger partial charge in [0.05, 0.1) is 11.6 Å². The molecular formula is C16H15BrN2. The van der Waals surface area contributed by atoms with Crippen molar-refractivity contribution in [2.24, 2.45) is 0 Å². The number of hydrogen-bond acceptors (Lipinski definition) is 2. The molecule has 0 fully saturated rings. The van der Waals surface area contributed by atoms with Crippen molar-refractivity contribution in [3.8, 4) is 6.07 Å². The van der Waals surface area contributed by atoms with Crippen LogP contribution < -0.4 is 5.32 Å². The van der Waals surface area contributed by atoms with Crippen molar-refractivity contribution in [3.63, 3.8) is 0 Å². The van der Waals surface area contributed by atoms with Crippen LogP contribution in [0.1, 0.15) is 22.3 Å². The molecule has 0 aliphatic heterocycles. The summed E-state index contributed by atoms with van der Waals surface area (Å²) in [5, 5.41) is 12.1. The molecule has 0 aliphatic rings. The summed E-state index contributed by atoms with van der Waals surface area (Å²) >= 11 is 3.50. The van der Waals surface area contributed by atoms with E-state index in [1.807, 2.05) is 24.3 Å². The van der Waals surface area contributed by atoms with Gasteiger partial charge >= 0.3 is 0 Å². The van der Waals surface area contributed by atoms with Crippen molar-refractivity contribution in [1.82, 2.24) is 5.32 Å². The van der Waals surface area contributed by atoms with Crippen molar-refractivity contribution >= 4 is 15.9 Å². The van der Waals surface area contributed by atoms with Crippen LogP contribution in [0.5, 0.6) is 0 Å². The summed E-state index contributed by atoms with van der Waals surface area (Å²) in [6.45, 7) is 3.74. The molecule has 0 heterocycles. The smallest absolute Gasteiger partial charge is 0.0991 e. The molecule has 2 aromatic rings. The fourth-order valence-corrected chi connectivity index (χ4v) is 2.11. The molecule has 0 aliphatic carbocycles. The highest BCUT2D eigenvalue weighted by atomic mass is 79.9. The van der Waals surface area contributed by atoms with Gasteiger partial charge in [-0.15, -0.1) is 0 Å². The number of aryl methyl sites for hydroxylation is 1. The van der Waals surface area contributed by atoms with Crippen LogP contribution in [-0.4, -0.2) is 0 Å². The Kier molecular flexibility index (Phi) is 4.73. The highest BCUT2D eigenvalue weighted by Gasteiger charge is 1.98. The predicted molar refractivity (Wildman–Crippen MR) is 80.6 cm³/mol. The largest absolute Gasteiger partial charge is 0.309 e. The summed E-state index contributed by atoms with van der Waals surface area (Å²) in [4.78, 5) is 0. The highest BCUT2D eigenvalue weighted by molar-refractivity contribution is 9.10. The lowest BCUT2D eigenvalue weighted by Crippen LogP contribution is -2.12. The van der Waals surface area contributed by atoms with Crippen LogP contribution >= 0.6 is 15.9 Å². The van der Waals surface area contributed by atoms with Crippen molar-refractivity contribution in [1.29, 1.82) is 5.26 Å². The first-order valence-electron chi connectivity index (χ1n) is 6.14. The molecule has 0 radical (unpaired) electrons. The molecule has 0 amide bonds. The zero-order chi connectivity index (χ0) is 13.7. The van der Waals surface area contributed by atoms with E-state index in [1.165, 1.54) is 16.7 Å². The van der Waals surface area contributed by atoms with E-state index in [0.29, 0.717) is 5.56 Å². The van der Waals surface area contributed by atoms with E-state index in [1.54, 1.807) is 0 Å². The topological polar surface area (TPSA) is 35.8 Å². The van der Waals surface area contributed by atoms with Gasteiger partial charge in [0.25, 0.3) is 0 Å². The van der Waals surface area contributed by atoms with Crippen molar-refractivity contribution in [2.75, 3.05) is 0 Å². The van der Waals surface area contributed by atoms with Crippen LogP contribution in [0.25, 0.3) is 0 Å². The number of rotatable bonds is 4. The third-order valence-electron chi connectivity index (χ3n) is 2.96. The minimum absolute atomic E-state index is 0.701. The molecular weight excluding hydrogens is 300 g/mol. The molecule has 0 saturated heterocycles. The monoisotopic (exact) mass is 314 g/mol. The van der Waals surface area contributed by atoms with Gasteiger partial charge in [0.2, 0.25) is 0 Å². The molecule has 0 atom stereocenters. The minimum atomic E-state index is 0.701. The first-order chi connectivity index (χ1) is 9.19. The second kappa shape index (κ2) is 6.51. The van der Waals surface area contributed by atoms with Gasteiger partial charge in [0.1, 0.15) is 0 Å². The maximum Gasteiger partial charge on any atom is 0.0991 e. The first kappa shape index (κ1) is 13.8. The summed E-state index contributed by atoms with van der Waals surface area (Å²) < 4.78 is 1.14. The number of nitrogens with zero attached hydrogens (tertiary/aromatic N) is 1. The van der Waals surface area contributed by atoms with E-state index in [2.05, 4.69) is 52.4 Å². The Bertz CT molecular complexity index is 597. The Morgan fingerprint density at radius 3 is 2.32 bits per heavy atom. The molecule has 0 aromatic heterocycles. The second-order valence-electron chi connectivity index (χ2n) is 4.50. The normalized spacial score (nSPS) is 10.2. The first-order valence-corrected chi connectivity index (χ1v) is 6.93. The van der Waals surface area contributed by atoms with Gasteiger partial charge in [-0.3, -0.25) is 0 Å². The predicted octanol–water partition coefficient (Wildman–Crippen LogP) is 3.92. The summed E-state index contributed by atoms with van der Waals surface area (Å²) in [6.07, 6.45) is 0. The summed E-state index contributed by atoms with van der Waals surface area (Å²) in [5.41, 5.74) is 4.41. The number of hydrogen-bond donors (Lipinski definition) is 1. The third-order valence-corrected chi connectivity index (χ3v) is 3.85. The van der Waals surface area contributed by atoms with Crippen LogP contribution in [0, 0.1) is 18.3 Å². The molecule has 0 unspecified atom stereocenters. The fourth-order valence-electron chi connectivity index (χ4n) is 1.87. The van der Waals surface area contributed by atoms with Gasteiger partial charge < -0.3 is 5.32 Å². The average Bonchev–Trinajstić information content (AvgIpc) is 2.43. The molecule has 19 heavy (non-hydrogen) atoms. The zero-order valence-electron chi connectivity index (χ0n) is 10.8.